The minimum atomic E-state index is -0.398. The number of ether oxygens (including phenoxy) is 2. The Kier molecular flexibility index (Phi) is 2.37. The molecule has 1 aliphatic heterocycles. The number of epoxide rings is 1. The van der Waals surface area contributed by atoms with Gasteiger partial charge < -0.3 is 13.9 Å². The van der Waals surface area contributed by atoms with Crippen LogP contribution in [-0.4, -0.2) is 19.7 Å². The molecule has 2 rings (SSSR count). The van der Waals surface area contributed by atoms with E-state index < -0.39 is 5.97 Å². The summed E-state index contributed by atoms with van der Waals surface area (Å²) in [4.78, 5) is 10.8. The minimum absolute atomic E-state index is 0.107. The van der Waals surface area contributed by atoms with Crippen molar-refractivity contribution >= 4 is 12.0 Å². The van der Waals surface area contributed by atoms with Gasteiger partial charge in [0.05, 0.1) is 13.7 Å². The van der Waals surface area contributed by atoms with Gasteiger partial charge in [0.25, 0.3) is 0 Å². The molecule has 0 aliphatic carbocycles. The summed E-state index contributed by atoms with van der Waals surface area (Å²) >= 11 is 0. The van der Waals surface area contributed by atoms with Gasteiger partial charge in [0.2, 0.25) is 0 Å². The summed E-state index contributed by atoms with van der Waals surface area (Å²) in [6.07, 6.45) is 2.99. The van der Waals surface area contributed by atoms with Gasteiger partial charge in [-0.15, -0.1) is 0 Å². The fraction of sp³-hybridized carbons (Fsp3) is 0.300. The number of rotatable bonds is 3. The molecule has 0 spiro atoms. The Morgan fingerprint density at radius 3 is 3.07 bits per heavy atom. The predicted octanol–water partition coefficient (Wildman–Crippen LogP) is 1.54. The zero-order valence-electron chi connectivity index (χ0n) is 7.73. The lowest BCUT2D eigenvalue weighted by atomic mass is 10.3. The van der Waals surface area contributed by atoms with Gasteiger partial charge in [0.1, 0.15) is 17.6 Å². The van der Waals surface area contributed by atoms with E-state index in [1.54, 1.807) is 12.1 Å². The summed E-state index contributed by atoms with van der Waals surface area (Å²) in [5.74, 6) is 1.03. The molecule has 14 heavy (non-hydrogen) atoms. The summed E-state index contributed by atoms with van der Waals surface area (Å²) < 4.78 is 14.9. The molecule has 0 saturated carbocycles. The van der Waals surface area contributed by atoms with E-state index in [-0.39, 0.29) is 6.10 Å². The van der Waals surface area contributed by atoms with Crippen LogP contribution in [0.25, 0.3) is 6.08 Å². The van der Waals surface area contributed by atoms with E-state index in [1.165, 1.54) is 13.2 Å². The van der Waals surface area contributed by atoms with Gasteiger partial charge in [0, 0.05) is 6.08 Å². The maximum Gasteiger partial charge on any atom is 0.330 e. The van der Waals surface area contributed by atoms with Crippen LogP contribution in [-0.2, 0) is 14.3 Å². The molecule has 0 radical (unpaired) electrons. The van der Waals surface area contributed by atoms with Crippen LogP contribution in [0.4, 0.5) is 0 Å². The van der Waals surface area contributed by atoms with Gasteiger partial charge >= 0.3 is 5.97 Å². The predicted molar refractivity (Wildman–Crippen MR) is 48.5 cm³/mol. The molecule has 74 valence electrons. The van der Waals surface area contributed by atoms with Crippen molar-refractivity contribution in [3.8, 4) is 0 Å². The molecule has 0 amide bonds. The third kappa shape index (κ3) is 2.03. The normalized spacial score (nSPS) is 19.9. The van der Waals surface area contributed by atoms with Gasteiger partial charge in [-0.2, -0.15) is 0 Å². The quantitative estimate of drug-likeness (QED) is 0.416. The molecular formula is C10H10O4. The monoisotopic (exact) mass is 194 g/mol. The van der Waals surface area contributed by atoms with E-state index in [0.717, 1.165) is 5.76 Å². The topological polar surface area (TPSA) is 52.0 Å². The van der Waals surface area contributed by atoms with Crippen LogP contribution in [0.5, 0.6) is 0 Å². The molecule has 4 nitrogen and oxygen atoms in total. The third-order valence-electron chi connectivity index (χ3n) is 1.88. The highest BCUT2D eigenvalue weighted by molar-refractivity contribution is 5.86. The van der Waals surface area contributed by atoms with Crippen molar-refractivity contribution in [3.05, 3.63) is 29.7 Å². The Morgan fingerprint density at radius 1 is 1.64 bits per heavy atom. The fourth-order valence-electron chi connectivity index (χ4n) is 1.06. The van der Waals surface area contributed by atoms with Crippen molar-refractivity contribution in [2.75, 3.05) is 13.7 Å². The van der Waals surface area contributed by atoms with E-state index in [2.05, 4.69) is 4.74 Å². The van der Waals surface area contributed by atoms with Crippen molar-refractivity contribution < 1.29 is 18.7 Å². The van der Waals surface area contributed by atoms with Crippen LogP contribution in [0.15, 0.2) is 22.6 Å². The van der Waals surface area contributed by atoms with Crippen molar-refractivity contribution in [1.29, 1.82) is 0 Å². The van der Waals surface area contributed by atoms with Crippen molar-refractivity contribution in [3.63, 3.8) is 0 Å². The number of hydrogen-bond acceptors (Lipinski definition) is 4. The Morgan fingerprint density at radius 2 is 2.43 bits per heavy atom. The van der Waals surface area contributed by atoms with Crippen LogP contribution in [0.2, 0.25) is 0 Å². The smallest absolute Gasteiger partial charge is 0.330 e. The van der Waals surface area contributed by atoms with Gasteiger partial charge in [-0.05, 0) is 18.2 Å². The zero-order chi connectivity index (χ0) is 9.97. The number of furan rings is 1. The van der Waals surface area contributed by atoms with Crippen LogP contribution < -0.4 is 0 Å². The maximum atomic E-state index is 10.8. The molecular weight excluding hydrogens is 184 g/mol. The Bertz CT molecular complexity index is 360. The second-order valence-corrected chi connectivity index (χ2v) is 2.92. The average molecular weight is 194 g/mol. The van der Waals surface area contributed by atoms with Gasteiger partial charge in [-0.25, -0.2) is 4.79 Å². The first-order valence-corrected chi connectivity index (χ1v) is 4.27. The highest BCUT2D eigenvalue weighted by Gasteiger charge is 2.27. The van der Waals surface area contributed by atoms with Crippen molar-refractivity contribution in [1.82, 2.24) is 0 Å². The van der Waals surface area contributed by atoms with Crippen LogP contribution in [0, 0.1) is 0 Å². The molecule has 4 heteroatoms. The lowest BCUT2D eigenvalue weighted by molar-refractivity contribution is -0.134. The first kappa shape index (κ1) is 9.02. The molecule has 1 unspecified atom stereocenters. The molecule has 1 aliphatic rings. The largest absolute Gasteiger partial charge is 0.466 e. The molecule has 1 aromatic rings. The first-order chi connectivity index (χ1) is 6.79. The van der Waals surface area contributed by atoms with E-state index in [0.29, 0.717) is 12.4 Å². The minimum Gasteiger partial charge on any atom is -0.466 e. The Hall–Kier alpha value is -1.55. The van der Waals surface area contributed by atoms with Crippen molar-refractivity contribution in [2.45, 2.75) is 6.10 Å². The van der Waals surface area contributed by atoms with E-state index in [9.17, 15) is 4.79 Å². The number of carbonyl (C=O) groups is 1. The molecule has 1 aromatic heterocycles. The second kappa shape index (κ2) is 3.67. The van der Waals surface area contributed by atoms with E-state index in [1.807, 2.05) is 6.07 Å². The molecule has 0 N–H and O–H groups in total. The summed E-state index contributed by atoms with van der Waals surface area (Å²) in [5, 5.41) is 0. The molecule has 1 fully saturated rings. The van der Waals surface area contributed by atoms with Gasteiger partial charge in [-0.3, -0.25) is 0 Å². The molecule has 0 aromatic carbocycles. The fourth-order valence-corrected chi connectivity index (χ4v) is 1.06. The van der Waals surface area contributed by atoms with Gasteiger partial charge in [-0.1, -0.05) is 0 Å². The number of esters is 1. The molecule has 2 heterocycles. The number of carbonyl (C=O) groups excluding carboxylic acids is 1. The molecule has 0 bridgehead atoms. The van der Waals surface area contributed by atoms with E-state index >= 15 is 0 Å². The second-order valence-electron chi connectivity index (χ2n) is 2.92. The van der Waals surface area contributed by atoms with Gasteiger partial charge in [0.15, 0.2) is 0 Å². The summed E-state index contributed by atoms with van der Waals surface area (Å²) in [7, 11) is 1.33. The lowest BCUT2D eigenvalue weighted by Crippen LogP contribution is -1.92. The highest BCUT2D eigenvalue weighted by atomic mass is 16.6. The van der Waals surface area contributed by atoms with Crippen molar-refractivity contribution in [2.24, 2.45) is 0 Å². The summed E-state index contributed by atoms with van der Waals surface area (Å²) in [6, 6.07) is 3.63. The molecule has 1 atom stereocenters. The van der Waals surface area contributed by atoms with Crippen LogP contribution in [0.1, 0.15) is 17.6 Å². The zero-order valence-corrected chi connectivity index (χ0v) is 7.73. The van der Waals surface area contributed by atoms with Crippen LogP contribution in [0.3, 0.4) is 0 Å². The SMILES string of the molecule is COC(=O)/C=C/c1ccc(C2CO2)o1. The number of methoxy groups -OCH3 is 1. The molecule has 1 saturated heterocycles. The highest BCUT2D eigenvalue weighted by Crippen LogP contribution is 2.31. The van der Waals surface area contributed by atoms with Crippen LogP contribution >= 0.6 is 0 Å². The Balaban J connectivity index is 2.02. The summed E-state index contributed by atoms with van der Waals surface area (Å²) in [6.45, 7) is 0.716. The number of hydrogen-bond donors (Lipinski definition) is 0. The van der Waals surface area contributed by atoms with E-state index in [4.69, 9.17) is 9.15 Å². The Labute approximate surface area is 81.1 Å². The third-order valence-corrected chi connectivity index (χ3v) is 1.88. The first-order valence-electron chi connectivity index (χ1n) is 4.27. The maximum absolute atomic E-state index is 10.8. The average Bonchev–Trinajstić information content (AvgIpc) is 2.95. The summed E-state index contributed by atoms with van der Waals surface area (Å²) in [5.41, 5.74) is 0. The standard InChI is InChI=1S/C10H10O4/c1-12-10(11)5-3-7-2-4-8(14-7)9-6-13-9/h2-5,9H,6H2,1H3/b5-3+. The lowest BCUT2D eigenvalue weighted by Gasteiger charge is -1.88.